The minimum Gasteiger partial charge on any atom is -0.147 e. The van der Waals surface area contributed by atoms with Gasteiger partial charge in [0.2, 0.25) is 0 Å². The van der Waals surface area contributed by atoms with Crippen molar-refractivity contribution in [3.63, 3.8) is 0 Å². The lowest BCUT2D eigenvalue weighted by Crippen LogP contribution is -1.97. The fourth-order valence-corrected chi connectivity index (χ4v) is 6.75. The predicted molar refractivity (Wildman–Crippen MR) is 188 cm³/mol. The van der Waals surface area contributed by atoms with E-state index in [-0.39, 0.29) is 12.4 Å². The van der Waals surface area contributed by atoms with Crippen molar-refractivity contribution in [1.29, 1.82) is 0 Å². The number of benzene rings is 8. The Labute approximate surface area is 258 Å². The second-order valence-corrected chi connectivity index (χ2v) is 10.8. The van der Waals surface area contributed by atoms with Gasteiger partial charge in [-0.15, -0.1) is 12.4 Å². The van der Waals surface area contributed by atoms with E-state index in [1.807, 2.05) is 0 Å². The molecule has 0 spiro atoms. The van der Waals surface area contributed by atoms with E-state index in [1.165, 1.54) is 76.8 Å². The fraction of sp³-hybridized carbons (Fsp3) is 0. The molecule has 0 aromatic heterocycles. The van der Waals surface area contributed by atoms with E-state index in [0.717, 1.165) is 0 Å². The van der Waals surface area contributed by atoms with Crippen LogP contribution in [0.15, 0.2) is 170 Å². The average Bonchev–Trinajstić information content (AvgIpc) is 3.07. The number of fused-ring (bicyclic) bond motifs is 3. The molecule has 1 heteroatoms. The molecule has 0 unspecified atom stereocenters. The molecule has 0 heterocycles. The van der Waals surface area contributed by atoms with E-state index < -0.39 is 0 Å². The molecule has 0 nitrogen and oxygen atoms in total. The zero-order valence-corrected chi connectivity index (χ0v) is 24.4. The Balaban J connectivity index is 0.00000300. The van der Waals surface area contributed by atoms with Crippen LogP contribution < -0.4 is 0 Å². The summed E-state index contributed by atoms with van der Waals surface area (Å²) in [4.78, 5) is 0. The van der Waals surface area contributed by atoms with Crippen molar-refractivity contribution in [2.24, 2.45) is 0 Å². The quantitative estimate of drug-likeness (QED) is 0.185. The minimum absolute atomic E-state index is 0. The molecule has 0 fully saturated rings. The van der Waals surface area contributed by atoms with Gasteiger partial charge in [-0.25, -0.2) is 0 Å². The number of rotatable bonds is 4. The van der Waals surface area contributed by atoms with Crippen LogP contribution in [-0.4, -0.2) is 0 Å². The highest BCUT2D eigenvalue weighted by Crippen LogP contribution is 2.53. The van der Waals surface area contributed by atoms with E-state index in [0.29, 0.717) is 0 Å². The molecule has 43 heavy (non-hydrogen) atoms. The van der Waals surface area contributed by atoms with Crippen molar-refractivity contribution in [2.75, 3.05) is 0 Å². The van der Waals surface area contributed by atoms with Gasteiger partial charge in [0.15, 0.2) is 0 Å². The van der Waals surface area contributed by atoms with Crippen LogP contribution in [0.2, 0.25) is 0 Å². The van der Waals surface area contributed by atoms with Crippen LogP contribution in [0.4, 0.5) is 0 Å². The maximum atomic E-state index is 2.30. The van der Waals surface area contributed by atoms with Crippen LogP contribution >= 0.6 is 12.4 Å². The molecule has 0 N–H and O–H groups in total. The number of hydrogen-bond acceptors (Lipinski definition) is 0. The first-order valence-electron chi connectivity index (χ1n) is 14.5. The molecule has 0 bridgehead atoms. The standard InChI is InChI=1S/C42H28.ClH/c1-5-17-29(18-6-1)37-33-25-13-14-26-34(33)39(31-21-9-3-10-22-31)42-40(32-23-11-4-12-24-32)36-28-16-15-27-35(36)38(41(37)42)30-19-7-2-8-20-30;/h1-28H;1H. The third-order valence-corrected chi connectivity index (χ3v) is 8.43. The Morgan fingerprint density at radius 3 is 0.605 bits per heavy atom. The highest BCUT2D eigenvalue weighted by molar-refractivity contribution is 6.33. The second-order valence-electron chi connectivity index (χ2n) is 10.8. The smallest absolute Gasteiger partial charge is 0.000139 e. The minimum atomic E-state index is 0. The van der Waals surface area contributed by atoms with Gasteiger partial charge in [0.05, 0.1) is 0 Å². The molecular weight excluding hydrogens is 540 g/mol. The molecule has 0 aliphatic heterocycles. The molecule has 0 saturated heterocycles. The molecule has 0 aliphatic rings. The van der Waals surface area contributed by atoms with Crippen LogP contribution in [0.1, 0.15) is 0 Å². The fourth-order valence-electron chi connectivity index (χ4n) is 6.75. The van der Waals surface area contributed by atoms with Gasteiger partial charge in [0.1, 0.15) is 0 Å². The SMILES string of the molecule is Cl.c1ccc(-c2c3ccccc3c(-c3ccccc3)c3c(-c4ccccc4)c4ccccc4c(-c4ccccc4)c23)cc1. The van der Waals surface area contributed by atoms with E-state index in [4.69, 9.17) is 0 Å². The Morgan fingerprint density at radius 1 is 0.209 bits per heavy atom. The van der Waals surface area contributed by atoms with Gasteiger partial charge in [0.25, 0.3) is 0 Å². The largest absolute Gasteiger partial charge is 0.147 e. The first-order valence-corrected chi connectivity index (χ1v) is 14.5. The Morgan fingerprint density at radius 2 is 0.395 bits per heavy atom. The van der Waals surface area contributed by atoms with Crippen LogP contribution in [0.3, 0.4) is 0 Å². The summed E-state index contributed by atoms with van der Waals surface area (Å²) < 4.78 is 0. The highest BCUT2D eigenvalue weighted by atomic mass is 35.5. The molecule has 8 aromatic carbocycles. The van der Waals surface area contributed by atoms with Crippen molar-refractivity contribution in [1.82, 2.24) is 0 Å². The van der Waals surface area contributed by atoms with Crippen molar-refractivity contribution in [2.45, 2.75) is 0 Å². The molecule has 0 radical (unpaired) electrons. The summed E-state index contributed by atoms with van der Waals surface area (Å²) in [6, 6.07) is 61.7. The third-order valence-electron chi connectivity index (χ3n) is 8.43. The molecular formula is C42H29Cl. The van der Waals surface area contributed by atoms with Crippen molar-refractivity contribution in [3.8, 4) is 44.5 Å². The molecule has 0 aliphatic carbocycles. The summed E-state index contributed by atoms with van der Waals surface area (Å²) in [5.41, 5.74) is 10.0. The second kappa shape index (κ2) is 11.2. The maximum absolute atomic E-state index is 2.30. The molecule has 204 valence electrons. The van der Waals surface area contributed by atoms with Gasteiger partial charge >= 0.3 is 0 Å². The first kappa shape index (κ1) is 26.7. The number of hydrogen-bond donors (Lipinski definition) is 0. The third kappa shape index (κ3) is 4.39. The topological polar surface area (TPSA) is 0 Å². The Bertz CT molecular complexity index is 1880. The molecule has 8 rings (SSSR count). The molecule has 8 aromatic rings. The zero-order valence-electron chi connectivity index (χ0n) is 23.6. The van der Waals surface area contributed by atoms with Gasteiger partial charge < -0.3 is 0 Å². The summed E-state index contributed by atoms with van der Waals surface area (Å²) in [6.07, 6.45) is 0. The summed E-state index contributed by atoms with van der Waals surface area (Å²) in [7, 11) is 0. The van der Waals surface area contributed by atoms with Gasteiger partial charge in [-0.05, 0) is 76.8 Å². The van der Waals surface area contributed by atoms with E-state index in [9.17, 15) is 0 Å². The zero-order chi connectivity index (χ0) is 27.9. The summed E-state index contributed by atoms with van der Waals surface area (Å²) in [5, 5.41) is 7.65. The lowest BCUT2D eigenvalue weighted by atomic mass is 9.77. The van der Waals surface area contributed by atoms with E-state index >= 15 is 0 Å². The normalized spacial score (nSPS) is 11.1. The molecule has 0 atom stereocenters. The highest BCUT2D eigenvalue weighted by Gasteiger charge is 2.25. The van der Waals surface area contributed by atoms with Gasteiger partial charge in [-0.1, -0.05) is 170 Å². The van der Waals surface area contributed by atoms with Crippen molar-refractivity contribution in [3.05, 3.63) is 170 Å². The van der Waals surface area contributed by atoms with Crippen LogP contribution in [0.5, 0.6) is 0 Å². The summed E-state index contributed by atoms with van der Waals surface area (Å²) in [6.45, 7) is 0. The number of halogens is 1. The van der Waals surface area contributed by atoms with Crippen LogP contribution in [0.25, 0.3) is 76.8 Å². The first-order chi connectivity index (χ1) is 20.9. The van der Waals surface area contributed by atoms with Gasteiger partial charge in [0, 0.05) is 0 Å². The lowest BCUT2D eigenvalue weighted by Gasteiger charge is -2.25. The maximum Gasteiger partial charge on any atom is -0.000139 e. The monoisotopic (exact) mass is 568 g/mol. The summed E-state index contributed by atoms with van der Waals surface area (Å²) >= 11 is 0. The van der Waals surface area contributed by atoms with Gasteiger partial charge in [-0.3, -0.25) is 0 Å². The predicted octanol–water partition coefficient (Wildman–Crippen LogP) is 12.2. The average molecular weight is 569 g/mol. The van der Waals surface area contributed by atoms with Crippen LogP contribution in [0, 0.1) is 0 Å². The van der Waals surface area contributed by atoms with Crippen LogP contribution in [-0.2, 0) is 0 Å². The van der Waals surface area contributed by atoms with Crippen molar-refractivity contribution < 1.29 is 0 Å². The van der Waals surface area contributed by atoms with E-state index in [2.05, 4.69) is 170 Å². The lowest BCUT2D eigenvalue weighted by molar-refractivity contribution is 1.63. The molecule has 0 saturated carbocycles. The van der Waals surface area contributed by atoms with E-state index in [1.54, 1.807) is 0 Å². The summed E-state index contributed by atoms with van der Waals surface area (Å²) in [5.74, 6) is 0. The molecule has 0 amide bonds. The van der Waals surface area contributed by atoms with Gasteiger partial charge in [-0.2, -0.15) is 0 Å². The van der Waals surface area contributed by atoms with Crippen molar-refractivity contribution >= 4 is 44.7 Å². The Hall–Kier alpha value is -5.17. The Kier molecular flexibility index (Phi) is 6.99.